The van der Waals surface area contributed by atoms with E-state index >= 15 is 0 Å². The third kappa shape index (κ3) is 4.67. The van der Waals surface area contributed by atoms with Gasteiger partial charge in [0.1, 0.15) is 0 Å². The van der Waals surface area contributed by atoms with Gasteiger partial charge in [-0.1, -0.05) is 24.3 Å². The molecule has 1 aliphatic heterocycles. The Labute approximate surface area is 147 Å². The molecule has 25 heavy (non-hydrogen) atoms. The van der Waals surface area contributed by atoms with Crippen LogP contribution in [0.25, 0.3) is 6.08 Å². The van der Waals surface area contributed by atoms with E-state index < -0.39 is 24.7 Å². The van der Waals surface area contributed by atoms with E-state index in [0.29, 0.717) is 11.0 Å². The summed E-state index contributed by atoms with van der Waals surface area (Å²) in [5.41, 5.74) is 0.157. The van der Waals surface area contributed by atoms with Gasteiger partial charge in [-0.3, -0.25) is 4.79 Å². The lowest BCUT2D eigenvalue weighted by Crippen LogP contribution is -2.41. The maximum atomic E-state index is 12.9. The van der Waals surface area contributed by atoms with Crippen LogP contribution in [0, 0.1) is 0 Å². The minimum atomic E-state index is -2.54. The van der Waals surface area contributed by atoms with Crippen LogP contribution in [0.2, 0.25) is 0 Å². The van der Waals surface area contributed by atoms with Crippen LogP contribution in [0.1, 0.15) is 52.2 Å². The molecule has 2 rings (SSSR count). The van der Waals surface area contributed by atoms with Crippen LogP contribution in [-0.4, -0.2) is 30.8 Å². The van der Waals surface area contributed by atoms with Crippen molar-refractivity contribution in [2.24, 2.45) is 0 Å². The fourth-order valence-corrected chi connectivity index (χ4v) is 2.42. The molecule has 136 valence electrons. The van der Waals surface area contributed by atoms with Crippen LogP contribution in [0.3, 0.4) is 0 Å². The number of hydrogen-bond donors (Lipinski definition) is 1. The molecule has 0 saturated carbocycles. The molecular formula is C18H24BF2NO3. The van der Waals surface area contributed by atoms with Gasteiger partial charge >= 0.3 is 7.12 Å². The van der Waals surface area contributed by atoms with Crippen molar-refractivity contribution < 1.29 is 22.9 Å². The summed E-state index contributed by atoms with van der Waals surface area (Å²) in [6, 6.07) is 6.10. The zero-order valence-corrected chi connectivity index (χ0v) is 15.2. The first-order chi connectivity index (χ1) is 11.5. The second kappa shape index (κ2) is 7.26. The summed E-state index contributed by atoms with van der Waals surface area (Å²) in [6.45, 7) is 9.35. The zero-order chi connectivity index (χ0) is 18.8. The van der Waals surface area contributed by atoms with Crippen LogP contribution in [0.5, 0.6) is 0 Å². The van der Waals surface area contributed by atoms with Crippen LogP contribution >= 0.6 is 0 Å². The highest BCUT2D eigenvalue weighted by molar-refractivity contribution is 6.56. The highest BCUT2D eigenvalue weighted by Crippen LogP contribution is 2.38. The second-order valence-corrected chi connectivity index (χ2v) is 7.19. The first kappa shape index (κ1) is 19.6. The number of halogens is 2. The van der Waals surface area contributed by atoms with Gasteiger partial charge in [0.2, 0.25) is 5.91 Å². The van der Waals surface area contributed by atoms with Crippen molar-refractivity contribution in [3.05, 3.63) is 40.9 Å². The number of benzene rings is 1. The Balaban J connectivity index is 2.33. The number of amides is 1. The number of alkyl halides is 2. The van der Waals surface area contributed by atoms with Gasteiger partial charge in [0, 0.05) is 19.0 Å². The van der Waals surface area contributed by atoms with Crippen LogP contribution < -0.4 is 5.32 Å². The van der Waals surface area contributed by atoms with Gasteiger partial charge in [-0.25, -0.2) is 8.78 Å². The Hall–Kier alpha value is -1.73. The van der Waals surface area contributed by atoms with Gasteiger partial charge in [0.05, 0.1) is 11.2 Å². The molecule has 7 heteroatoms. The third-order valence-electron chi connectivity index (χ3n) is 4.61. The van der Waals surface area contributed by atoms with E-state index in [4.69, 9.17) is 9.31 Å². The molecule has 0 aromatic heterocycles. The predicted molar refractivity (Wildman–Crippen MR) is 94.1 cm³/mol. The molecule has 1 aromatic carbocycles. The van der Waals surface area contributed by atoms with E-state index in [-0.39, 0.29) is 18.0 Å². The Morgan fingerprint density at radius 1 is 1.24 bits per heavy atom. The van der Waals surface area contributed by atoms with Gasteiger partial charge in [-0.2, -0.15) is 0 Å². The standard InChI is InChI=1S/C18H24BF2NO3/c1-12(23)22-11-15(19-24-17(2,3)18(4,5)25-19)10-13-7-6-8-14(9-13)16(20)21/h6-10,16H,11H2,1-5H3,(H,22,23). The molecule has 0 spiro atoms. The summed E-state index contributed by atoms with van der Waals surface area (Å²) in [4.78, 5) is 11.3. The first-order valence-electron chi connectivity index (χ1n) is 8.20. The van der Waals surface area contributed by atoms with Crippen molar-refractivity contribution in [1.82, 2.24) is 5.32 Å². The highest BCUT2D eigenvalue weighted by Gasteiger charge is 2.52. The van der Waals surface area contributed by atoms with Crippen molar-refractivity contribution in [1.29, 1.82) is 0 Å². The summed E-state index contributed by atoms with van der Waals surface area (Å²) in [5, 5.41) is 2.72. The van der Waals surface area contributed by atoms with Gasteiger partial charge in [-0.15, -0.1) is 0 Å². The van der Waals surface area contributed by atoms with E-state index in [0.717, 1.165) is 0 Å². The normalized spacial score (nSPS) is 19.4. The highest BCUT2D eigenvalue weighted by atomic mass is 19.3. The van der Waals surface area contributed by atoms with Crippen LogP contribution in [-0.2, 0) is 14.1 Å². The summed E-state index contributed by atoms with van der Waals surface area (Å²) >= 11 is 0. The lowest BCUT2D eigenvalue weighted by Gasteiger charge is -2.32. The third-order valence-corrected chi connectivity index (χ3v) is 4.61. The summed E-state index contributed by atoms with van der Waals surface area (Å²) in [5.74, 6) is -0.191. The van der Waals surface area contributed by atoms with Gasteiger partial charge in [-0.05, 0) is 44.8 Å². The Bertz CT molecular complexity index is 658. The van der Waals surface area contributed by atoms with Crippen LogP contribution in [0.15, 0.2) is 29.7 Å². The molecule has 1 saturated heterocycles. The monoisotopic (exact) mass is 351 g/mol. The average Bonchev–Trinajstić information content (AvgIpc) is 2.71. The summed E-state index contributed by atoms with van der Waals surface area (Å²) < 4.78 is 37.9. The molecule has 0 unspecified atom stereocenters. The Morgan fingerprint density at radius 3 is 2.36 bits per heavy atom. The minimum Gasteiger partial charge on any atom is -0.400 e. The number of hydrogen-bond acceptors (Lipinski definition) is 3. The van der Waals surface area contributed by atoms with E-state index in [1.54, 1.807) is 18.2 Å². The zero-order valence-electron chi connectivity index (χ0n) is 15.2. The Kier molecular flexibility index (Phi) is 5.69. The van der Waals surface area contributed by atoms with E-state index in [1.807, 2.05) is 27.7 Å². The van der Waals surface area contributed by atoms with Crippen molar-refractivity contribution in [3.63, 3.8) is 0 Å². The maximum Gasteiger partial charge on any atom is 0.492 e. The Morgan fingerprint density at radius 2 is 1.84 bits per heavy atom. The lowest BCUT2D eigenvalue weighted by atomic mass is 9.77. The van der Waals surface area contributed by atoms with Gasteiger partial charge in [0.25, 0.3) is 6.43 Å². The summed E-state index contributed by atoms with van der Waals surface area (Å²) in [6.07, 6.45) is -0.812. The van der Waals surface area contributed by atoms with Crippen molar-refractivity contribution in [3.8, 4) is 0 Å². The van der Waals surface area contributed by atoms with E-state index in [9.17, 15) is 13.6 Å². The number of nitrogens with one attached hydrogen (secondary N) is 1. The molecule has 0 bridgehead atoms. The molecule has 1 N–H and O–H groups in total. The van der Waals surface area contributed by atoms with Crippen molar-refractivity contribution in [2.45, 2.75) is 52.2 Å². The molecule has 1 heterocycles. The van der Waals surface area contributed by atoms with Gasteiger partial charge in [0.15, 0.2) is 0 Å². The molecule has 0 aliphatic carbocycles. The molecule has 1 aromatic rings. The molecule has 1 fully saturated rings. The van der Waals surface area contributed by atoms with Gasteiger partial charge < -0.3 is 14.6 Å². The number of carbonyl (C=O) groups is 1. The quantitative estimate of drug-likeness (QED) is 0.822. The largest absolute Gasteiger partial charge is 0.492 e. The fraction of sp³-hybridized carbons (Fsp3) is 0.500. The molecule has 0 atom stereocenters. The van der Waals surface area contributed by atoms with Crippen molar-refractivity contribution >= 4 is 19.1 Å². The lowest BCUT2D eigenvalue weighted by molar-refractivity contribution is -0.118. The minimum absolute atomic E-state index is 0.0541. The molecule has 1 aliphatic rings. The predicted octanol–water partition coefficient (Wildman–Crippen LogP) is 3.78. The van der Waals surface area contributed by atoms with E-state index in [1.165, 1.54) is 19.1 Å². The van der Waals surface area contributed by atoms with Crippen molar-refractivity contribution in [2.75, 3.05) is 6.54 Å². The molecule has 1 amide bonds. The second-order valence-electron chi connectivity index (χ2n) is 7.19. The first-order valence-corrected chi connectivity index (χ1v) is 8.20. The number of rotatable bonds is 5. The summed E-state index contributed by atoms with van der Waals surface area (Å²) in [7, 11) is -0.660. The topological polar surface area (TPSA) is 47.6 Å². The molecular weight excluding hydrogens is 327 g/mol. The smallest absolute Gasteiger partial charge is 0.400 e. The maximum absolute atomic E-state index is 12.9. The van der Waals surface area contributed by atoms with E-state index in [2.05, 4.69) is 5.32 Å². The fourth-order valence-electron chi connectivity index (χ4n) is 2.42. The SMILES string of the molecule is CC(=O)NCC(=Cc1cccc(C(F)F)c1)B1OC(C)(C)C(C)(C)O1. The van der Waals surface area contributed by atoms with Crippen LogP contribution in [0.4, 0.5) is 8.78 Å². The molecule has 4 nitrogen and oxygen atoms in total. The average molecular weight is 351 g/mol. The molecule has 0 radical (unpaired) electrons. The number of carbonyl (C=O) groups excluding carboxylic acids is 1.